The number of benzene rings is 2. The fourth-order valence-electron chi connectivity index (χ4n) is 3.62. The molecule has 1 aliphatic rings. The van der Waals surface area contributed by atoms with Gasteiger partial charge in [-0.2, -0.15) is 0 Å². The number of hydrogen-bond acceptors (Lipinski definition) is 5. The SMILES string of the molecule is COC(=O)C1=C(C)N(CC(C)C)C(=O)/C1=C\c1ccc(OCC(=O)Nc2ccc(C)cc2)cc1. The number of ether oxygens (including phenoxy) is 2. The van der Waals surface area contributed by atoms with E-state index in [-0.39, 0.29) is 29.9 Å². The summed E-state index contributed by atoms with van der Waals surface area (Å²) in [7, 11) is 1.30. The molecule has 0 fully saturated rings. The number of carbonyl (C=O) groups excluding carboxylic acids is 3. The first-order valence-corrected chi connectivity index (χ1v) is 11.1. The molecule has 3 rings (SSSR count). The van der Waals surface area contributed by atoms with Crippen LogP contribution in [-0.4, -0.2) is 42.9 Å². The second kappa shape index (κ2) is 10.8. The molecule has 0 spiro atoms. The van der Waals surface area contributed by atoms with E-state index in [1.54, 1.807) is 42.2 Å². The number of nitrogens with one attached hydrogen (secondary N) is 1. The van der Waals surface area contributed by atoms with Crippen molar-refractivity contribution < 1.29 is 23.9 Å². The number of anilines is 1. The van der Waals surface area contributed by atoms with Crippen molar-refractivity contribution in [3.63, 3.8) is 0 Å². The molecule has 0 aromatic heterocycles. The monoisotopic (exact) mass is 462 g/mol. The molecular weight excluding hydrogens is 432 g/mol. The second-order valence-electron chi connectivity index (χ2n) is 8.59. The van der Waals surface area contributed by atoms with Crippen LogP contribution >= 0.6 is 0 Å². The van der Waals surface area contributed by atoms with E-state index in [4.69, 9.17) is 9.47 Å². The van der Waals surface area contributed by atoms with Gasteiger partial charge in [0.25, 0.3) is 11.8 Å². The van der Waals surface area contributed by atoms with Crippen molar-refractivity contribution in [2.75, 3.05) is 25.6 Å². The zero-order valence-electron chi connectivity index (χ0n) is 20.2. The Bertz CT molecular complexity index is 1130. The minimum Gasteiger partial charge on any atom is -0.484 e. The Balaban J connectivity index is 1.70. The first kappa shape index (κ1) is 24.8. The van der Waals surface area contributed by atoms with Crippen LogP contribution in [0.4, 0.5) is 5.69 Å². The molecule has 7 nitrogen and oxygen atoms in total. The van der Waals surface area contributed by atoms with E-state index >= 15 is 0 Å². The quantitative estimate of drug-likeness (QED) is 0.466. The number of allylic oxidation sites excluding steroid dienone is 1. The van der Waals surface area contributed by atoms with Crippen LogP contribution in [0.2, 0.25) is 0 Å². The summed E-state index contributed by atoms with van der Waals surface area (Å²) in [5.41, 5.74) is 3.72. The highest BCUT2D eigenvalue weighted by Crippen LogP contribution is 2.32. The van der Waals surface area contributed by atoms with E-state index in [1.165, 1.54) is 7.11 Å². The first-order valence-electron chi connectivity index (χ1n) is 11.1. The van der Waals surface area contributed by atoms with Gasteiger partial charge in [-0.1, -0.05) is 43.7 Å². The lowest BCUT2D eigenvalue weighted by atomic mass is 10.0. The lowest BCUT2D eigenvalue weighted by Crippen LogP contribution is -2.28. The maximum Gasteiger partial charge on any atom is 0.340 e. The Hall–Kier alpha value is -3.87. The molecular formula is C27H30N2O5. The topological polar surface area (TPSA) is 84.9 Å². The molecule has 0 aliphatic carbocycles. The molecule has 0 radical (unpaired) electrons. The van der Waals surface area contributed by atoms with Crippen molar-refractivity contribution in [1.29, 1.82) is 0 Å². The second-order valence-corrected chi connectivity index (χ2v) is 8.59. The number of methoxy groups -OCH3 is 1. The lowest BCUT2D eigenvalue weighted by Gasteiger charge is -2.19. The van der Waals surface area contributed by atoms with Crippen LogP contribution in [-0.2, 0) is 19.1 Å². The fourth-order valence-corrected chi connectivity index (χ4v) is 3.62. The van der Waals surface area contributed by atoms with Gasteiger partial charge in [0, 0.05) is 17.9 Å². The number of esters is 1. The van der Waals surface area contributed by atoms with Gasteiger partial charge in [-0.15, -0.1) is 0 Å². The van der Waals surface area contributed by atoms with E-state index in [0.29, 0.717) is 29.3 Å². The molecule has 7 heteroatoms. The van der Waals surface area contributed by atoms with Crippen LogP contribution in [0.1, 0.15) is 31.9 Å². The Morgan fingerprint density at radius 3 is 2.26 bits per heavy atom. The molecule has 34 heavy (non-hydrogen) atoms. The number of carbonyl (C=O) groups is 3. The molecule has 1 heterocycles. The van der Waals surface area contributed by atoms with Crippen molar-refractivity contribution in [2.45, 2.75) is 27.7 Å². The number of amides is 2. The van der Waals surface area contributed by atoms with Gasteiger partial charge in [0.2, 0.25) is 0 Å². The summed E-state index contributed by atoms with van der Waals surface area (Å²) in [5.74, 6) is -0.264. The third kappa shape index (κ3) is 5.92. The van der Waals surface area contributed by atoms with Gasteiger partial charge in [-0.05, 0) is 55.7 Å². The van der Waals surface area contributed by atoms with E-state index in [9.17, 15) is 14.4 Å². The minimum atomic E-state index is -0.539. The Kier molecular flexibility index (Phi) is 7.89. The van der Waals surface area contributed by atoms with Gasteiger partial charge in [0.1, 0.15) is 5.75 Å². The van der Waals surface area contributed by atoms with E-state index in [0.717, 1.165) is 11.1 Å². The Morgan fingerprint density at radius 1 is 1.03 bits per heavy atom. The summed E-state index contributed by atoms with van der Waals surface area (Å²) in [5, 5.41) is 2.78. The Morgan fingerprint density at radius 2 is 1.68 bits per heavy atom. The molecule has 1 N–H and O–H groups in total. The van der Waals surface area contributed by atoms with Crippen LogP contribution in [0, 0.1) is 12.8 Å². The summed E-state index contributed by atoms with van der Waals surface area (Å²) in [4.78, 5) is 39.2. The van der Waals surface area contributed by atoms with E-state index < -0.39 is 5.97 Å². The molecule has 0 saturated carbocycles. The molecule has 0 unspecified atom stereocenters. The highest BCUT2D eigenvalue weighted by atomic mass is 16.5. The van der Waals surface area contributed by atoms with Crippen LogP contribution < -0.4 is 10.1 Å². The maximum atomic E-state index is 13.0. The predicted octanol–water partition coefficient (Wildman–Crippen LogP) is 4.34. The molecule has 178 valence electrons. The molecule has 0 bridgehead atoms. The number of rotatable bonds is 8. The van der Waals surface area contributed by atoms with Crippen LogP contribution in [0.5, 0.6) is 5.75 Å². The molecule has 2 aromatic rings. The maximum absolute atomic E-state index is 13.0. The third-order valence-corrected chi connectivity index (χ3v) is 5.35. The lowest BCUT2D eigenvalue weighted by molar-refractivity contribution is -0.136. The van der Waals surface area contributed by atoms with Crippen LogP contribution in [0.25, 0.3) is 6.08 Å². The number of aryl methyl sites for hydroxylation is 1. The third-order valence-electron chi connectivity index (χ3n) is 5.35. The summed E-state index contributed by atoms with van der Waals surface area (Å²) in [6.45, 7) is 8.14. The van der Waals surface area contributed by atoms with Gasteiger partial charge in [-0.25, -0.2) is 4.79 Å². The van der Waals surface area contributed by atoms with Crippen molar-refractivity contribution in [2.24, 2.45) is 5.92 Å². The van der Waals surface area contributed by atoms with Gasteiger partial charge in [0.05, 0.1) is 18.3 Å². The van der Waals surface area contributed by atoms with Gasteiger partial charge in [0.15, 0.2) is 6.61 Å². The average Bonchev–Trinajstić information content (AvgIpc) is 3.03. The highest BCUT2D eigenvalue weighted by Gasteiger charge is 2.37. The smallest absolute Gasteiger partial charge is 0.340 e. The van der Waals surface area contributed by atoms with Crippen molar-refractivity contribution in [1.82, 2.24) is 4.90 Å². The molecule has 1 aliphatic heterocycles. The largest absolute Gasteiger partial charge is 0.484 e. The van der Waals surface area contributed by atoms with Gasteiger partial charge in [-0.3, -0.25) is 9.59 Å². The minimum absolute atomic E-state index is 0.134. The van der Waals surface area contributed by atoms with Crippen LogP contribution in [0.15, 0.2) is 65.4 Å². The normalized spacial score (nSPS) is 14.7. The Labute approximate surface area is 200 Å². The summed E-state index contributed by atoms with van der Waals surface area (Å²) in [6, 6.07) is 14.5. The van der Waals surface area contributed by atoms with E-state index in [1.807, 2.05) is 45.0 Å². The zero-order chi connectivity index (χ0) is 24.8. The van der Waals surface area contributed by atoms with Crippen molar-refractivity contribution in [3.05, 3.63) is 76.5 Å². The highest BCUT2D eigenvalue weighted by molar-refractivity contribution is 6.16. The summed E-state index contributed by atoms with van der Waals surface area (Å²) < 4.78 is 10.5. The van der Waals surface area contributed by atoms with Crippen molar-refractivity contribution >= 4 is 29.5 Å². The summed E-state index contributed by atoms with van der Waals surface area (Å²) >= 11 is 0. The zero-order valence-corrected chi connectivity index (χ0v) is 20.2. The number of hydrogen-bond donors (Lipinski definition) is 1. The van der Waals surface area contributed by atoms with Gasteiger partial charge < -0.3 is 19.7 Å². The molecule has 0 atom stereocenters. The van der Waals surface area contributed by atoms with E-state index in [2.05, 4.69) is 5.32 Å². The molecule has 0 saturated heterocycles. The van der Waals surface area contributed by atoms with Gasteiger partial charge >= 0.3 is 5.97 Å². The first-order chi connectivity index (χ1) is 16.2. The number of nitrogens with zero attached hydrogens (tertiary/aromatic N) is 1. The average molecular weight is 463 g/mol. The van der Waals surface area contributed by atoms with Crippen molar-refractivity contribution in [3.8, 4) is 5.75 Å². The van der Waals surface area contributed by atoms with Crippen LogP contribution in [0.3, 0.4) is 0 Å². The standard InChI is InChI=1S/C27H30N2O5/c1-17(2)15-29-19(4)25(27(32)33-5)23(26(29)31)14-20-8-12-22(13-9-20)34-16-24(30)28-21-10-6-18(3)7-11-21/h6-14,17H,15-16H2,1-5H3,(H,28,30)/b23-14-. The predicted molar refractivity (Wildman–Crippen MR) is 131 cm³/mol. The molecule has 2 amide bonds. The summed E-state index contributed by atoms with van der Waals surface area (Å²) in [6.07, 6.45) is 1.67. The fraction of sp³-hybridized carbons (Fsp3) is 0.296. The molecule has 2 aromatic carbocycles.